The fourth-order valence-corrected chi connectivity index (χ4v) is 2.53. The summed E-state index contributed by atoms with van der Waals surface area (Å²) < 4.78 is 7.18. The van der Waals surface area contributed by atoms with Gasteiger partial charge in [0, 0.05) is 30.8 Å². The zero-order valence-corrected chi connectivity index (χ0v) is 14.0. The van der Waals surface area contributed by atoms with Gasteiger partial charge in [0.25, 0.3) is 5.89 Å². The Labute approximate surface area is 134 Å². The minimum Gasteiger partial charge on any atom is -0.332 e. The summed E-state index contributed by atoms with van der Waals surface area (Å²) in [5.41, 5.74) is 4.57. The van der Waals surface area contributed by atoms with Crippen molar-refractivity contribution in [2.24, 2.45) is 7.05 Å². The van der Waals surface area contributed by atoms with Crippen LogP contribution in [0.5, 0.6) is 0 Å². The number of hydrogen-bond donors (Lipinski definition) is 2. The van der Waals surface area contributed by atoms with Crippen molar-refractivity contribution < 1.29 is 4.52 Å². The smallest absolute Gasteiger partial charge is 0.275 e. The molecule has 0 spiro atoms. The van der Waals surface area contributed by atoms with E-state index in [1.807, 2.05) is 38.7 Å². The summed E-state index contributed by atoms with van der Waals surface area (Å²) in [6.07, 6.45) is 0.710. The molecular formula is C15H21N7O. The molecular weight excluding hydrogens is 294 g/mol. The lowest BCUT2D eigenvalue weighted by Gasteiger charge is -2.04. The van der Waals surface area contributed by atoms with Crippen molar-refractivity contribution in [1.82, 2.24) is 35.4 Å². The molecule has 0 amide bonds. The van der Waals surface area contributed by atoms with E-state index < -0.39 is 0 Å². The van der Waals surface area contributed by atoms with Gasteiger partial charge in [0.2, 0.25) is 0 Å². The molecule has 122 valence electrons. The maximum atomic E-state index is 5.33. The molecule has 3 heterocycles. The van der Waals surface area contributed by atoms with Gasteiger partial charge in [-0.2, -0.15) is 15.2 Å². The van der Waals surface area contributed by atoms with E-state index >= 15 is 0 Å². The number of aromatic nitrogens is 6. The molecule has 0 aromatic carbocycles. The van der Waals surface area contributed by atoms with Crippen LogP contribution in [0.15, 0.2) is 10.6 Å². The van der Waals surface area contributed by atoms with Gasteiger partial charge < -0.3 is 9.84 Å². The lowest BCUT2D eigenvalue weighted by molar-refractivity contribution is 0.417. The highest BCUT2D eigenvalue weighted by atomic mass is 16.5. The first kappa shape index (κ1) is 15.4. The molecule has 3 aromatic heterocycles. The number of aromatic amines is 1. The number of nitrogens with zero attached hydrogens (tertiary/aromatic N) is 5. The van der Waals surface area contributed by atoms with E-state index in [1.54, 1.807) is 0 Å². The van der Waals surface area contributed by atoms with E-state index in [2.05, 4.69) is 37.7 Å². The number of nitrogens with one attached hydrogen (secondary N) is 2. The summed E-state index contributed by atoms with van der Waals surface area (Å²) in [4.78, 5) is 4.42. The van der Waals surface area contributed by atoms with Crippen molar-refractivity contribution in [2.75, 3.05) is 7.05 Å². The normalized spacial score (nSPS) is 12.7. The first-order valence-electron chi connectivity index (χ1n) is 7.55. The lowest BCUT2D eigenvalue weighted by atomic mass is 10.1. The van der Waals surface area contributed by atoms with Crippen molar-refractivity contribution in [3.8, 4) is 22.8 Å². The summed E-state index contributed by atoms with van der Waals surface area (Å²) >= 11 is 0. The van der Waals surface area contributed by atoms with E-state index in [0.29, 0.717) is 29.9 Å². The van der Waals surface area contributed by atoms with E-state index in [4.69, 9.17) is 4.52 Å². The van der Waals surface area contributed by atoms with Crippen molar-refractivity contribution >= 4 is 0 Å². The second kappa shape index (κ2) is 5.96. The maximum absolute atomic E-state index is 5.33. The van der Waals surface area contributed by atoms with Crippen molar-refractivity contribution in [2.45, 2.75) is 33.2 Å². The predicted molar refractivity (Wildman–Crippen MR) is 85.8 cm³/mol. The summed E-state index contributed by atoms with van der Waals surface area (Å²) in [5.74, 6) is 1.12. The Morgan fingerprint density at radius 2 is 2.17 bits per heavy atom. The zero-order valence-electron chi connectivity index (χ0n) is 14.0. The van der Waals surface area contributed by atoms with E-state index in [1.165, 1.54) is 0 Å². The lowest BCUT2D eigenvalue weighted by Crippen LogP contribution is -2.24. The van der Waals surface area contributed by atoms with Gasteiger partial charge in [0.15, 0.2) is 5.82 Å². The molecule has 0 radical (unpaired) electrons. The second-order valence-electron chi connectivity index (χ2n) is 5.75. The third-order valence-corrected chi connectivity index (χ3v) is 4.02. The molecule has 2 N–H and O–H groups in total. The number of likely N-dealkylation sites (N-methyl/N-ethyl adjacent to an activating group) is 1. The highest BCUT2D eigenvalue weighted by molar-refractivity contribution is 5.68. The van der Waals surface area contributed by atoms with Gasteiger partial charge in [-0.15, -0.1) is 0 Å². The Bertz CT molecular complexity index is 814. The van der Waals surface area contributed by atoms with Gasteiger partial charge >= 0.3 is 0 Å². The molecule has 0 bridgehead atoms. The molecule has 3 rings (SSSR count). The van der Waals surface area contributed by atoms with Crippen LogP contribution < -0.4 is 5.32 Å². The van der Waals surface area contributed by atoms with E-state index in [0.717, 1.165) is 22.6 Å². The van der Waals surface area contributed by atoms with Crippen molar-refractivity contribution in [3.05, 3.63) is 23.3 Å². The standard InChI is InChI=1S/C15H21N7O/c1-8(16-4)6-13-17-15(23-21-13)12-7-11(18-19-12)14-9(2)20-22(5)10(14)3/h7-8,16H,6H2,1-5H3,(H,18,19). The summed E-state index contributed by atoms with van der Waals surface area (Å²) in [7, 11) is 3.83. The van der Waals surface area contributed by atoms with Crippen LogP contribution in [-0.2, 0) is 13.5 Å². The Balaban J connectivity index is 1.87. The molecule has 8 nitrogen and oxygen atoms in total. The van der Waals surface area contributed by atoms with Gasteiger partial charge in [0.05, 0.1) is 11.4 Å². The third kappa shape index (κ3) is 2.89. The predicted octanol–water partition coefficient (Wildman–Crippen LogP) is 1.63. The molecule has 23 heavy (non-hydrogen) atoms. The first-order valence-corrected chi connectivity index (χ1v) is 7.55. The van der Waals surface area contributed by atoms with Crippen LogP contribution in [0.1, 0.15) is 24.1 Å². The Hall–Kier alpha value is -2.48. The molecule has 0 aliphatic carbocycles. The molecule has 0 saturated heterocycles. The van der Waals surface area contributed by atoms with Crippen molar-refractivity contribution in [1.29, 1.82) is 0 Å². The van der Waals surface area contributed by atoms with Gasteiger partial charge in [-0.3, -0.25) is 9.78 Å². The van der Waals surface area contributed by atoms with Crippen molar-refractivity contribution in [3.63, 3.8) is 0 Å². The molecule has 0 saturated carbocycles. The van der Waals surface area contributed by atoms with Gasteiger partial charge in [-0.1, -0.05) is 5.16 Å². The number of hydrogen-bond acceptors (Lipinski definition) is 6. The summed E-state index contributed by atoms with van der Waals surface area (Å²) in [5, 5.41) is 18.9. The average Bonchev–Trinajstić information content (AvgIpc) is 3.20. The quantitative estimate of drug-likeness (QED) is 0.742. The first-order chi connectivity index (χ1) is 11.0. The number of rotatable bonds is 5. The number of aryl methyl sites for hydroxylation is 2. The van der Waals surface area contributed by atoms with Crippen LogP contribution in [0.3, 0.4) is 0 Å². The van der Waals surface area contributed by atoms with Crippen LogP contribution in [0.4, 0.5) is 0 Å². The molecule has 1 atom stereocenters. The largest absolute Gasteiger partial charge is 0.332 e. The molecule has 0 aliphatic rings. The number of H-pyrrole nitrogens is 1. The average molecular weight is 315 g/mol. The SMILES string of the molecule is CNC(C)Cc1noc(-c2cc(-c3c(C)nn(C)c3C)n[nH]2)n1. The molecule has 0 aliphatic heterocycles. The monoisotopic (exact) mass is 315 g/mol. The summed E-state index contributed by atoms with van der Waals surface area (Å²) in [6, 6.07) is 2.20. The van der Waals surface area contributed by atoms with Crippen LogP contribution in [-0.4, -0.2) is 43.2 Å². The van der Waals surface area contributed by atoms with Crippen LogP contribution in [0.2, 0.25) is 0 Å². The molecule has 3 aromatic rings. The maximum Gasteiger partial charge on any atom is 0.275 e. The fraction of sp³-hybridized carbons (Fsp3) is 0.467. The van der Waals surface area contributed by atoms with Gasteiger partial charge in [0.1, 0.15) is 5.69 Å². The fourth-order valence-electron chi connectivity index (χ4n) is 2.53. The van der Waals surface area contributed by atoms with Gasteiger partial charge in [-0.25, -0.2) is 0 Å². The molecule has 8 heteroatoms. The Morgan fingerprint density at radius 1 is 1.39 bits per heavy atom. The van der Waals surface area contributed by atoms with E-state index in [-0.39, 0.29) is 0 Å². The Kier molecular flexibility index (Phi) is 3.99. The minimum atomic E-state index is 0.290. The second-order valence-corrected chi connectivity index (χ2v) is 5.75. The molecule has 0 fully saturated rings. The minimum absolute atomic E-state index is 0.290. The van der Waals surface area contributed by atoms with Crippen LogP contribution in [0, 0.1) is 13.8 Å². The Morgan fingerprint density at radius 3 is 2.83 bits per heavy atom. The van der Waals surface area contributed by atoms with Crippen LogP contribution in [0.25, 0.3) is 22.8 Å². The summed E-state index contributed by atoms with van der Waals surface area (Å²) in [6.45, 7) is 6.06. The highest BCUT2D eigenvalue weighted by Crippen LogP contribution is 2.27. The van der Waals surface area contributed by atoms with Crippen LogP contribution >= 0.6 is 0 Å². The van der Waals surface area contributed by atoms with Gasteiger partial charge in [-0.05, 0) is 33.9 Å². The topological polar surface area (TPSA) is 97.5 Å². The molecule has 1 unspecified atom stereocenters. The van der Waals surface area contributed by atoms with E-state index in [9.17, 15) is 0 Å². The zero-order chi connectivity index (χ0) is 16.6. The third-order valence-electron chi connectivity index (χ3n) is 4.02. The highest BCUT2D eigenvalue weighted by Gasteiger charge is 2.18.